The minimum atomic E-state index is -0.0697. The summed E-state index contributed by atoms with van der Waals surface area (Å²) in [5.41, 5.74) is 2.43. The summed E-state index contributed by atoms with van der Waals surface area (Å²) in [5, 5.41) is 2.82. The highest BCUT2D eigenvalue weighted by Gasteiger charge is 2.17. The Bertz CT molecular complexity index is 176. The molecule has 1 aliphatic carbocycles. The second-order valence-corrected chi connectivity index (χ2v) is 2.48. The largest absolute Gasteiger partial charge is 0.349 e. The number of carbonyl (C=O) groups is 1. The third-order valence-corrected chi connectivity index (χ3v) is 1.68. The average Bonchev–Trinajstić information content (AvgIpc) is 1.80. The van der Waals surface area contributed by atoms with E-state index in [1.165, 1.54) is 12.5 Å². The minimum absolute atomic E-state index is 0.0697. The van der Waals surface area contributed by atoms with Gasteiger partial charge in [0, 0.05) is 12.1 Å². The second-order valence-electron chi connectivity index (χ2n) is 2.48. The van der Waals surface area contributed by atoms with Gasteiger partial charge in [0.15, 0.2) is 0 Å². The molecule has 1 amide bonds. The van der Waals surface area contributed by atoms with Crippen LogP contribution in [0.25, 0.3) is 0 Å². The maximum atomic E-state index is 10.8. The molecule has 0 spiro atoms. The lowest BCUT2D eigenvalue weighted by atomic mass is 9.93. The van der Waals surface area contributed by atoms with Crippen molar-refractivity contribution >= 4 is 5.91 Å². The monoisotopic (exact) mass is 137 g/mol. The van der Waals surface area contributed by atoms with Gasteiger partial charge in [-0.2, -0.15) is 0 Å². The van der Waals surface area contributed by atoms with Crippen LogP contribution in [0.15, 0.2) is 18.4 Å². The summed E-state index contributed by atoms with van der Waals surface area (Å²) in [7, 11) is 0. The maximum Gasteiger partial charge on any atom is 0.251 e. The summed E-state index contributed by atoms with van der Waals surface area (Å²) in [5.74, 6) is -0.0697. The molecule has 0 aromatic carbocycles. The number of rotatable bonds is 2. The normalized spacial score (nSPS) is 16.8. The van der Waals surface area contributed by atoms with Crippen LogP contribution in [-0.2, 0) is 4.79 Å². The third-order valence-electron chi connectivity index (χ3n) is 1.68. The Kier molecular flexibility index (Phi) is 2.30. The van der Waals surface area contributed by atoms with Gasteiger partial charge in [-0.25, -0.2) is 0 Å². The van der Waals surface area contributed by atoms with Gasteiger partial charge in [0.25, 0.3) is 5.91 Å². The average molecular weight is 137 g/mol. The fourth-order valence-electron chi connectivity index (χ4n) is 0.888. The van der Waals surface area contributed by atoms with Gasteiger partial charge in [-0.05, 0) is 19.3 Å². The molecule has 0 aromatic rings. The molecule has 0 aromatic heterocycles. The third kappa shape index (κ3) is 1.74. The van der Waals surface area contributed by atoms with Crippen molar-refractivity contribution in [3.63, 3.8) is 0 Å². The van der Waals surface area contributed by atoms with Crippen molar-refractivity contribution in [3.05, 3.63) is 18.4 Å². The summed E-state index contributed by atoms with van der Waals surface area (Å²) in [6.07, 6.45) is 4.81. The Labute approximate surface area is 60.6 Å². The predicted octanol–water partition coefficient (Wildman–Crippen LogP) is 0.996. The van der Waals surface area contributed by atoms with Crippen molar-refractivity contribution in [2.45, 2.75) is 25.3 Å². The van der Waals surface area contributed by atoms with Crippen LogP contribution in [0.1, 0.15) is 19.3 Å². The molecule has 0 saturated heterocycles. The van der Waals surface area contributed by atoms with Crippen LogP contribution in [0, 0.1) is 0 Å². The van der Waals surface area contributed by atoms with E-state index >= 15 is 0 Å². The number of hydrogen-bond donors (Lipinski definition) is 1. The topological polar surface area (TPSA) is 29.1 Å². The van der Waals surface area contributed by atoms with Crippen molar-refractivity contribution in [3.8, 4) is 0 Å². The van der Waals surface area contributed by atoms with E-state index in [-0.39, 0.29) is 5.91 Å². The van der Waals surface area contributed by atoms with E-state index in [0.717, 1.165) is 12.8 Å². The van der Waals surface area contributed by atoms with E-state index in [2.05, 4.69) is 17.6 Å². The van der Waals surface area contributed by atoms with Crippen molar-refractivity contribution < 1.29 is 4.79 Å². The van der Waals surface area contributed by atoms with E-state index in [4.69, 9.17) is 0 Å². The Hall–Kier alpha value is -1.01. The molecule has 1 aliphatic rings. The molecule has 54 valence electrons. The van der Waals surface area contributed by atoms with Crippen molar-refractivity contribution in [2.75, 3.05) is 0 Å². The fourth-order valence-corrected chi connectivity index (χ4v) is 0.888. The van der Waals surface area contributed by atoms with Crippen LogP contribution in [0.5, 0.6) is 0 Å². The summed E-state index contributed by atoms with van der Waals surface area (Å²) in [4.78, 5) is 10.8. The number of amides is 1. The lowest BCUT2D eigenvalue weighted by Crippen LogP contribution is -2.38. The van der Waals surface area contributed by atoms with Crippen molar-refractivity contribution in [1.82, 2.24) is 5.32 Å². The number of hydrogen-bond acceptors (Lipinski definition) is 1. The zero-order chi connectivity index (χ0) is 7.40. The highest BCUT2D eigenvalue weighted by Crippen LogP contribution is 2.17. The molecule has 2 nitrogen and oxygen atoms in total. The number of nitrogens with one attached hydrogen (secondary N) is 1. The summed E-state index contributed by atoms with van der Waals surface area (Å²) in [6, 6.07) is 0.414. The Morgan fingerprint density at radius 1 is 1.70 bits per heavy atom. The molecule has 0 heterocycles. The van der Waals surface area contributed by atoms with Gasteiger partial charge in [0.2, 0.25) is 0 Å². The zero-order valence-corrected chi connectivity index (χ0v) is 5.89. The lowest BCUT2D eigenvalue weighted by Gasteiger charge is -2.25. The summed E-state index contributed by atoms with van der Waals surface area (Å²) < 4.78 is 0. The molecule has 0 aliphatic heterocycles. The molecule has 2 heteroatoms. The van der Waals surface area contributed by atoms with E-state index in [9.17, 15) is 4.79 Å². The molecule has 0 radical (unpaired) electrons. The first kappa shape index (κ1) is 7.10. The molecule has 1 saturated carbocycles. The quantitative estimate of drug-likeness (QED) is 0.446. The maximum absolute atomic E-state index is 10.8. The van der Waals surface area contributed by atoms with Gasteiger partial charge >= 0.3 is 0 Å². The first-order chi connectivity index (χ1) is 4.83. The van der Waals surface area contributed by atoms with Gasteiger partial charge < -0.3 is 5.32 Å². The molecular weight excluding hydrogens is 126 g/mol. The lowest BCUT2D eigenvalue weighted by molar-refractivity contribution is -0.117. The van der Waals surface area contributed by atoms with E-state index in [1.807, 2.05) is 0 Å². The summed E-state index contributed by atoms with van der Waals surface area (Å²) in [6.45, 7) is 3.31. The molecule has 1 fully saturated rings. The van der Waals surface area contributed by atoms with Crippen LogP contribution in [0.2, 0.25) is 0 Å². The Morgan fingerprint density at radius 2 is 2.40 bits per heavy atom. The molecule has 0 unspecified atom stereocenters. The van der Waals surface area contributed by atoms with Crippen LogP contribution in [0.4, 0.5) is 0 Å². The molecule has 0 atom stereocenters. The second kappa shape index (κ2) is 3.23. The van der Waals surface area contributed by atoms with Gasteiger partial charge in [0.1, 0.15) is 0 Å². The first-order valence-corrected chi connectivity index (χ1v) is 3.49. The molecule has 1 N–H and O–H groups in total. The van der Waals surface area contributed by atoms with E-state index < -0.39 is 0 Å². The van der Waals surface area contributed by atoms with Crippen LogP contribution in [0.3, 0.4) is 0 Å². The Morgan fingerprint density at radius 3 is 2.80 bits per heavy atom. The van der Waals surface area contributed by atoms with Gasteiger partial charge in [-0.3, -0.25) is 4.79 Å². The van der Waals surface area contributed by atoms with E-state index in [1.54, 1.807) is 0 Å². The van der Waals surface area contributed by atoms with Gasteiger partial charge in [0.05, 0.1) is 0 Å². The van der Waals surface area contributed by atoms with Crippen LogP contribution in [-0.4, -0.2) is 11.9 Å². The minimum Gasteiger partial charge on any atom is -0.349 e. The van der Waals surface area contributed by atoms with Crippen molar-refractivity contribution in [2.24, 2.45) is 0 Å². The van der Waals surface area contributed by atoms with Gasteiger partial charge in [-0.15, -0.1) is 5.73 Å². The standard InChI is InChI=1S/C8H11NO/c1-2-4-8(10)9-7-5-3-6-7/h4,7H,1,3,5-6H2,(H,9,10). The highest BCUT2D eigenvalue weighted by molar-refractivity contribution is 5.87. The molecular formula is C8H11NO. The highest BCUT2D eigenvalue weighted by atomic mass is 16.1. The fraction of sp³-hybridized carbons (Fsp3) is 0.500. The zero-order valence-electron chi connectivity index (χ0n) is 5.89. The van der Waals surface area contributed by atoms with E-state index in [0.29, 0.717) is 6.04 Å². The molecule has 10 heavy (non-hydrogen) atoms. The smallest absolute Gasteiger partial charge is 0.251 e. The predicted molar refractivity (Wildman–Crippen MR) is 39.5 cm³/mol. The molecule has 1 rings (SSSR count). The van der Waals surface area contributed by atoms with Gasteiger partial charge in [-0.1, -0.05) is 6.58 Å². The first-order valence-electron chi connectivity index (χ1n) is 3.49. The summed E-state index contributed by atoms with van der Waals surface area (Å²) >= 11 is 0. The number of carbonyl (C=O) groups excluding carboxylic acids is 1. The van der Waals surface area contributed by atoms with Crippen LogP contribution < -0.4 is 5.32 Å². The van der Waals surface area contributed by atoms with Crippen LogP contribution >= 0.6 is 0 Å². The molecule has 0 bridgehead atoms. The SMILES string of the molecule is C=C=CC(=O)NC1CCC1. The Balaban J connectivity index is 2.23. The van der Waals surface area contributed by atoms with Crippen molar-refractivity contribution in [1.29, 1.82) is 0 Å².